The van der Waals surface area contributed by atoms with Crippen molar-refractivity contribution in [3.05, 3.63) is 29.8 Å². The Labute approximate surface area is 130 Å². The summed E-state index contributed by atoms with van der Waals surface area (Å²) >= 11 is 0. The Morgan fingerprint density at radius 3 is 2.27 bits per heavy atom. The van der Waals surface area contributed by atoms with E-state index >= 15 is 0 Å². The third kappa shape index (κ3) is 4.54. The number of oxime groups is 1. The summed E-state index contributed by atoms with van der Waals surface area (Å²) in [5.74, 6) is 0.556. The van der Waals surface area contributed by atoms with Crippen LogP contribution in [0.4, 0.5) is 4.79 Å². The first-order valence-electron chi connectivity index (χ1n) is 6.76. The molecule has 0 aliphatic carbocycles. The van der Waals surface area contributed by atoms with Crippen molar-refractivity contribution in [2.45, 2.75) is 32.4 Å². The SMILES string of the molecule is COc1ccc([C@H](C(N)=NO)N(C)C(=O)OC(C)(C)C)cc1. The molecule has 0 aliphatic rings. The molecule has 0 unspecified atom stereocenters. The van der Waals surface area contributed by atoms with Crippen LogP contribution in [0.1, 0.15) is 32.4 Å². The van der Waals surface area contributed by atoms with Crippen LogP contribution in [0.5, 0.6) is 5.75 Å². The van der Waals surface area contributed by atoms with Gasteiger partial charge in [-0.25, -0.2) is 4.79 Å². The molecule has 0 saturated heterocycles. The predicted octanol–water partition coefficient (Wildman–Crippen LogP) is 2.35. The van der Waals surface area contributed by atoms with Gasteiger partial charge in [0, 0.05) is 7.05 Å². The van der Waals surface area contributed by atoms with E-state index in [2.05, 4.69) is 5.16 Å². The molecule has 0 bridgehead atoms. The smallest absolute Gasteiger partial charge is 0.410 e. The van der Waals surface area contributed by atoms with Crippen LogP contribution < -0.4 is 10.5 Å². The van der Waals surface area contributed by atoms with Crippen LogP contribution in [0, 0.1) is 0 Å². The van der Waals surface area contributed by atoms with Crippen molar-refractivity contribution in [3.8, 4) is 5.75 Å². The van der Waals surface area contributed by atoms with E-state index < -0.39 is 17.7 Å². The minimum atomic E-state index is -0.745. The lowest BCUT2D eigenvalue weighted by molar-refractivity contribution is 0.0263. The van der Waals surface area contributed by atoms with Gasteiger partial charge in [-0.05, 0) is 38.5 Å². The Balaban J connectivity index is 3.09. The Hall–Kier alpha value is -2.44. The molecule has 3 N–H and O–H groups in total. The molecular formula is C15H23N3O4. The lowest BCUT2D eigenvalue weighted by Crippen LogP contribution is -2.42. The quantitative estimate of drug-likeness (QED) is 0.385. The maximum Gasteiger partial charge on any atom is 0.410 e. The van der Waals surface area contributed by atoms with E-state index in [4.69, 9.17) is 20.4 Å². The van der Waals surface area contributed by atoms with Gasteiger partial charge in [-0.2, -0.15) is 0 Å². The fourth-order valence-electron chi connectivity index (χ4n) is 1.87. The molecule has 1 amide bonds. The fourth-order valence-corrected chi connectivity index (χ4v) is 1.87. The lowest BCUT2D eigenvalue weighted by Gasteiger charge is -2.30. The van der Waals surface area contributed by atoms with Crippen LogP contribution in [0.25, 0.3) is 0 Å². The molecule has 0 aliphatic heterocycles. The minimum absolute atomic E-state index is 0.112. The van der Waals surface area contributed by atoms with Gasteiger partial charge in [0.2, 0.25) is 0 Å². The topological polar surface area (TPSA) is 97.4 Å². The average Bonchev–Trinajstić information content (AvgIpc) is 2.46. The number of methoxy groups -OCH3 is 1. The number of carbonyl (C=O) groups excluding carboxylic acids is 1. The highest BCUT2D eigenvalue weighted by Crippen LogP contribution is 2.24. The average molecular weight is 309 g/mol. The predicted molar refractivity (Wildman–Crippen MR) is 83.1 cm³/mol. The van der Waals surface area contributed by atoms with E-state index in [9.17, 15) is 4.79 Å². The first kappa shape index (κ1) is 17.6. The van der Waals surface area contributed by atoms with Crippen molar-refractivity contribution in [1.82, 2.24) is 4.90 Å². The molecule has 122 valence electrons. The van der Waals surface area contributed by atoms with Crippen molar-refractivity contribution < 1.29 is 19.5 Å². The van der Waals surface area contributed by atoms with Crippen LogP contribution in [-0.4, -0.2) is 41.8 Å². The number of nitrogens with zero attached hydrogens (tertiary/aromatic N) is 2. The summed E-state index contributed by atoms with van der Waals surface area (Å²) < 4.78 is 10.4. The number of hydrogen-bond donors (Lipinski definition) is 2. The highest BCUT2D eigenvalue weighted by molar-refractivity contribution is 5.89. The number of amides is 1. The largest absolute Gasteiger partial charge is 0.497 e. The number of rotatable bonds is 4. The number of likely N-dealkylation sites (N-methyl/N-ethyl adjacent to an activating group) is 1. The second-order valence-electron chi connectivity index (χ2n) is 5.79. The Morgan fingerprint density at radius 1 is 1.32 bits per heavy atom. The molecule has 0 saturated carbocycles. The van der Waals surface area contributed by atoms with Crippen molar-refractivity contribution in [2.24, 2.45) is 10.9 Å². The highest BCUT2D eigenvalue weighted by Gasteiger charge is 2.29. The molecule has 1 atom stereocenters. The number of carbonyl (C=O) groups is 1. The maximum atomic E-state index is 12.2. The standard InChI is InChI=1S/C15H23N3O4/c1-15(2,3)22-14(19)18(4)12(13(16)17-20)10-6-8-11(21-5)9-7-10/h6-9,12,20H,1-5H3,(H2,16,17)/t12-/m1/s1. The van der Waals surface area contributed by atoms with Crippen LogP contribution >= 0.6 is 0 Å². The van der Waals surface area contributed by atoms with Crippen LogP contribution in [0.2, 0.25) is 0 Å². The molecular weight excluding hydrogens is 286 g/mol. The zero-order chi connectivity index (χ0) is 16.9. The molecule has 22 heavy (non-hydrogen) atoms. The summed E-state index contributed by atoms with van der Waals surface area (Å²) in [6.07, 6.45) is -0.570. The van der Waals surface area contributed by atoms with Gasteiger partial charge in [0.1, 0.15) is 17.4 Å². The summed E-state index contributed by atoms with van der Waals surface area (Å²) in [7, 11) is 3.09. The molecule has 0 aromatic heterocycles. The van der Waals surface area contributed by atoms with E-state index in [0.717, 1.165) is 0 Å². The van der Waals surface area contributed by atoms with Crippen molar-refractivity contribution in [1.29, 1.82) is 0 Å². The fraction of sp³-hybridized carbons (Fsp3) is 0.467. The number of nitrogens with two attached hydrogens (primary N) is 1. The third-order valence-corrected chi connectivity index (χ3v) is 2.90. The van der Waals surface area contributed by atoms with Crippen molar-refractivity contribution in [2.75, 3.05) is 14.2 Å². The minimum Gasteiger partial charge on any atom is -0.497 e. The van der Waals surface area contributed by atoms with Crippen LogP contribution in [0.15, 0.2) is 29.4 Å². The molecule has 7 nitrogen and oxygen atoms in total. The Kier molecular flexibility index (Phi) is 5.62. The number of ether oxygens (including phenoxy) is 2. The van der Waals surface area contributed by atoms with Gasteiger partial charge >= 0.3 is 6.09 Å². The van der Waals surface area contributed by atoms with Crippen LogP contribution in [0.3, 0.4) is 0 Å². The van der Waals surface area contributed by atoms with E-state index in [-0.39, 0.29) is 5.84 Å². The second kappa shape index (κ2) is 7.02. The molecule has 0 spiro atoms. The van der Waals surface area contributed by atoms with E-state index in [1.807, 2.05) is 0 Å². The summed E-state index contributed by atoms with van der Waals surface area (Å²) in [5.41, 5.74) is 5.77. The molecule has 0 fully saturated rings. The third-order valence-electron chi connectivity index (χ3n) is 2.90. The molecule has 7 heteroatoms. The van der Waals surface area contributed by atoms with E-state index in [1.165, 1.54) is 11.9 Å². The van der Waals surface area contributed by atoms with Gasteiger partial charge in [-0.1, -0.05) is 17.3 Å². The number of hydrogen-bond acceptors (Lipinski definition) is 5. The second-order valence-corrected chi connectivity index (χ2v) is 5.79. The van der Waals surface area contributed by atoms with Crippen molar-refractivity contribution >= 4 is 11.9 Å². The molecule has 1 rings (SSSR count). The number of benzene rings is 1. The first-order chi connectivity index (χ1) is 10.2. The Morgan fingerprint density at radius 2 is 1.86 bits per heavy atom. The van der Waals surface area contributed by atoms with Crippen LogP contribution in [-0.2, 0) is 4.74 Å². The monoisotopic (exact) mass is 309 g/mol. The molecule has 1 aromatic carbocycles. The zero-order valence-corrected chi connectivity index (χ0v) is 13.5. The molecule has 1 aromatic rings. The summed E-state index contributed by atoms with van der Waals surface area (Å²) in [6.45, 7) is 5.31. The first-order valence-corrected chi connectivity index (χ1v) is 6.76. The van der Waals surface area contributed by atoms with Gasteiger partial charge in [0.05, 0.1) is 7.11 Å². The maximum absolute atomic E-state index is 12.2. The normalized spacial score (nSPS) is 13.4. The molecule has 0 heterocycles. The Bertz CT molecular complexity index is 535. The molecule has 0 radical (unpaired) electrons. The summed E-state index contributed by atoms with van der Waals surface area (Å²) in [5, 5.41) is 12.0. The summed E-state index contributed by atoms with van der Waals surface area (Å²) in [4.78, 5) is 13.5. The van der Waals surface area contributed by atoms with Gasteiger partial charge in [-0.15, -0.1) is 0 Å². The van der Waals surface area contributed by atoms with Gasteiger partial charge in [0.15, 0.2) is 5.84 Å². The van der Waals surface area contributed by atoms with E-state index in [0.29, 0.717) is 11.3 Å². The van der Waals surface area contributed by atoms with Gasteiger partial charge in [0.25, 0.3) is 0 Å². The van der Waals surface area contributed by atoms with E-state index in [1.54, 1.807) is 52.1 Å². The highest BCUT2D eigenvalue weighted by atomic mass is 16.6. The van der Waals surface area contributed by atoms with Gasteiger partial charge < -0.3 is 20.4 Å². The van der Waals surface area contributed by atoms with Crippen molar-refractivity contribution in [3.63, 3.8) is 0 Å². The zero-order valence-electron chi connectivity index (χ0n) is 13.5. The van der Waals surface area contributed by atoms with Gasteiger partial charge in [-0.3, -0.25) is 4.90 Å². The number of amidine groups is 1. The lowest BCUT2D eigenvalue weighted by atomic mass is 10.0. The summed E-state index contributed by atoms with van der Waals surface area (Å²) in [6, 6.07) is 6.20.